The van der Waals surface area contributed by atoms with E-state index in [1.165, 1.54) is 49.0 Å². The Morgan fingerprint density at radius 2 is 1.74 bits per heavy atom. The van der Waals surface area contributed by atoms with Crippen molar-refractivity contribution < 1.29 is 0 Å². The SMILES string of the molecule is Cc1ccc(N(C)CC2CCC(CN)CC2)c(C)c1. The van der Waals surface area contributed by atoms with E-state index in [0.29, 0.717) is 0 Å². The van der Waals surface area contributed by atoms with Gasteiger partial charge in [-0.25, -0.2) is 0 Å². The van der Waals surface area contributed by atoms with Gasteiger partial charge in [0.2, 0.25) is 0 Å². The molecule has 0 radical (unpaired) electrons. The molecule has 0 saturated heterocycles. The fourth-order valence-electron chi connectivity index (χ4n) is 3.37. The van der Waals surface area contributed by atoms with Crippen LogP contribution < -0.4 is 10.6 Å². The topological polar surface area (TPSA) is 29.3 Å². The van der Waals surface area contributed by atoms with Crippen LogP contribution in [0.4, 0.5) is 5.69 Å². The number of benzene rings is 1. The van der Waals surface area contributed by atoms with Gasteiger partial charge in [0.05, 0.1) is 0 Å². The highest BCUT2D eigenvalue weighted by atomic mass is 15.1. The molecule has 2 nitrogen and oxygen atoms in total. The maximum Gasteiger partial charge on any atom is 0.0393 e. The number of nitrogens with zero attached hydrogens (tertiary/aromatic N) is 1. The number of anilines is 1. The molecular formula is C17H28N2. The molecule has 0 aliphatic heterocycles. The van der Waals surface area contributed by atoms with Crippen LogP contribution in [0, 0.1) is 25.7 Å². The Balaban J connectivity index is 1.92. The van der Waals surface area contributed by atoms with E-state index >= 15 is 0 Å². The van der Waals surface area contributed by atoms with Gasteiger partial charge in [-0.3, -0.25) is 0 Å². The Hall–Kier alpha value is -1.02. The molecule has 106 valence electrons. The Kier molecular flexibility index (Phi) is 4.87. The summed E-state index contributed by atoms with van der Waals surface area (Å²) in [4.78, 5) is 2.43. The van der Waals surface area contributed by atoms with E-state index in [-0.39, 0.29) is 0 Å². The molecule has 0 unspecified atom stereocenters. The molecule has 1 saturated carbocycles. The fourth-order valence-corrected chi connectivity index (χ4v) is 3.37. The molecular weight excluding hydrogens is 232 g/mol. The molecule has 1 aromatic carbocycles. The summed E-state index contributed by atoms with van der Waals surface area (Å²) in [6.07, 6.45) is 5.33. The van der Waals surface area contributed by atoms with E-state index in [9.17, 15) is 0 Å². The molecule has 1 aromatic rings. The van der Waals surface area contributed by atoms with Gasteiger partial charge in [0.25, 0.3) is 0 Å². The Bertz CT molecular complexity index is 406. The summed E-state index contributed by atoms with van der Waals surface area (Å²) in [5, 5.41) is 0. The van der Waals surface area contributed by atoms with Gasteiger partial charge in [0.1, 0.15) is 0 Å². The van der Waals surface area contributed by atoms with Crippen LogP contribution in [0.1, 0.15) is 36.8 Å². The standard InChI is InChI=1S/C17H28N2/c1-13-4-9-17(14(2)10-13)19(3)12-16-7-5-15(11-18)6-8-16/h4,9-10,15-16H,5-8,11-12,18H2,1-3H3. The minimum absolute atomic E-state index is 0.780. The zero-order chi connectivity index (χ0) is 13.8. The minimum Gasteiger partial charge on any atom is -0.374 e. The number of hydrogen-bond acceptors (Lipinski definition) is 2. The summed E-state index contributed by atoms with van der Waals surface area (Å²) >= 11 is 0. The van der Waals surface area contributed by atoms with Crippen LogP contribution in [-0.4, -0.2) is 20.1 Å². The van der Waals surface area contributed by atoms with Gasteiger partial charge in [-0.15, -0.1) is 0 Å². The minimum atomic E-state index is 0.780. The highest BCUT2D eigenvalue weighted by Gasteiger charge is 2.21. The van der Waals surface area contributed by atoms with Crippen molar-refractivity contribution in [2.24, 2.45) is 17.6 Å². The molecule has 2 N–H and O–H groups in total. The average molecular weight is 260 g/mol. The normalized spacial score (nSPS) is 23.4. The van der Waals surface area contributed by atoms with Crippen LogP contribution in [0.15, 0.2) is 18.2 Å². The highest BCUT2D eigenvalue weighted by Crippen LogP contribution is 2.30. The van der Waals surface area contributed by atoms with Crippen molar-refractivity contribution in [2.75, 3.05) is 25.0 Å². The lowest BCUT2D eigenvalue weighted by Crippen LogP contribution is -2.30. The van der Waals surface area contributed by atoms with Crippen molar-refractivity contribution in [3.8, 4) is 0 Å². The van der Waals surface area contributed by atoms with Gasteiger partial charge in [0, 0.05) is 19.3 Å². The molecule has 1 fully saturated rings. The molecule has 0 bridgehead atoms. The molecule has 2 rings (SSSR count). The second-order valence-electron chi connectivity index (χ2n) is 6.29. The van der Waals surface area contributed by atoms with Gasteiger partial charge >= 0.3 is 0 Å². The number of hydrogen-bond donors (Lipinski definition) is 1. The molecule has 1 aliphatic carbocycles. The lowest BCUT2D eigenvalue weighted by atomic mass is 9.82. The first kappa shape index (κ1) is 14.4. The van der Waals surface area contributed by atoms with Gasteiger partial charge in [-0.05, 0) is 69.5 Å². The van der Waals surface area contributed by atoms with Gasteiger partial charge in [-0.1, -0.05) is 17.7 Å². The third-order valence-corrected chi connectivity index (χ3v) is 4.60. The Morgan fingerprint density at radius 1 is 1.11 bits per heavy atom. The van der Waals surface area contributed by atoms with Crippen molar-refractivity contribution in [1.82, 2.24) is 0 Å². The Labute approximate surface area is 118 Å². The summed E-state index contributed by atoms with van der Waals surface area (Å²) in [6.45, 7) is 6.43. The zero-order valence-electron chi connectivity index (χ0n) is 12.7. The molecule has 0 amide bonds. The second kappa shape index (κ2) is 6.42. The van der Waals surface area contributed by atoms with Gasteiger partial charge in [0.15, 0.2) is 0 Å². The quantitative estimate of drug-likeness (QED) is 0.897. The average Bonchev–Trinajstić information content (AvgIpc) is 2.39. The fraction of sp³-hybridized carbons (Fsp3) is 0.647. The van der Waals surface area contributed by atoms with E-state index < -0.39 is 0 Å². The predicted molar refractivity (Wildman–Crippen MR) is 83.7 cm³/mol. The largest absolute Gasteiger partial charge is 0.374 e. The maximum absolute atomic E-state index is 5.76. The van der Waals surface area contributed by atoms with Crippen LogP contribution in [-0.2, 0) is 0 Å². The third kappa shape index (κ3) is 3.73. The zero-order valence-corrected chi connectivity index (χ0v) is 12.7. The molecule has 2 heteroatoms. The van der Waals surface area contributed by atoms with Crippen molar-refractivity contribution in [2.45, 2.75) is 39.5 Å². The van der Waals surface area contributed by atoms with Crippen molar-refractivity contribution >= 4 is 5.69 Å². The summed E-state index contributed by atoms with van der Waals surface area (Å²) < 4.78 is 0. The monoisotopic (exact) mass is 260 g/mol. The van der Waals surface area contributed by atoms with Gasteiger partial charge in [-0.2, -0.15) is 0 Å². The lowest BCUT2D eigenvalue weighted by Gasteiger charge is -2.32. The predicted octanol–water partition coefficient (Wildman–Crippen LogP) is 3.50. The van der Waals surface area contributed by atoms with Crippen molar-refractivity contribution in [1.29, 1.82) is 0 Å². The molecule has 0 spiro atoms. The van der Waals surface area contributed by atoms with Crippen LogP contribution in [0.2, 0.25) is 0 Å². The summed E-state index contributed by atoms with van der Waals surface area (Å²) in [5.41, 5.74) is 9.88. The molecule has 19 heavy (non-hydrogen) atoms. The lowest BCUT2D eigenvalue weighted by molar-refractivity contribution is 0.283. The maximum atomic E-state index is 5.76. The van der Waals surface area contributed by atoms with E-state index in [4.69, 9.17) is 5.73 Å². The summed E-state index contributed by atoms with van der Waals surface area (Å²) in [7, 11) is 2.23. The molecule has 1 aliphatic rings. The first-order valence-electron chi connectivity index (χ1n) is 7.58. The number of aryl methyl sites for hydroxylation is 2. The van der Waals surface area contributed by atoms with Crippen molar-refractivity contribution in [3.05, 3.63) is 29.3 Å². The van der Waals surface area contributed by atoms with E-state index in [1.807, 2.05) is 0 Å². The third-order valence-electron chi connectivity index (χ3n) is 4.60. The number of rotatable bonds is 4. The first-order chi connectivity index (χ1) is 9.10. The number of nitrogens with two attached hydrogens (primary N) is 1. The van der Waals surface area contributed by atoms with Crippen LogP contribution in [0.5, 0.6) is 0 Å². The smallest absolute Gasteiger partial charge is 0.0393 e. The molecule has 0 aromatic heterocycles. The summed E-state index contributed by atoms with van der Waals surface area (Å²) in [6, 6.07) is 6.75. The first-order valence-corrected chi connectivity index (χ1v) is 7.58. The second-order valence-corrected chi connectivity index (χ2v) is 6.29. The molecule has 0 heterocycles. The summed E-state index contributed by atoms with van der Waals surface area (Å²) in [5.74, 6) is 1.62. The van der Waals surface area contributed by atoms with E-state index in [2.05, 4.69) is 44.0 Å². The van der Waals surface area contributed by atoms with Crippen LogP contribution in [0.3, 0.4) is 0 Å². The van der Waals surface area contributed by atoms with Crippen molar-refractivity contribution in [3.63, 3.8) is 0 Å². The Morgan fingerprint density at radius 3 is 2.32 bits per heavy atom. The van der Waals surface area contributed by atoms with Crippen LogP contribution in [0.25, 0.3) is 0 Å². The van der Waals surface area contributed by atoms with E-state index in [1.54, 1.807) is 0 Å². The highest BCUT2D eigenvalue weighted by molar-refractivity contribution is 5.53. The van der Waals surface area contributed by atoms with E-state index in [0.717, 1.165) is 18.4 Å². The van der Waals surface area contributed by atoms with Gasteiger partial charge < -0.3 is 10.6 Å². The van der Waals surface area contributed by atoms with Crippen LogP contribution >= 0.6 is 0 Å². The molecule has 0 atom stereocenters.